The number of likely N-dealkylation sites (tertiary alicyclic amines) is 2. The molecule has 19 heavy (non-hydrogen) atoms. The summed E-state index contributed by atoms with van der Waals surface area (Å²) in [6.07, 6.45) is 3.40. The molecule has 2 aliphatic heterocycles. The number of nitrogens with zero attached hydrogens (tertiary/aromatic N) is 2. The molecule has 0 saturated carbocycles. The van der Waals surface area contributed by atoms with E-state index in [-0.39, 0.29) is 6.03 Å². The van der Waals surface area contributed by atoms with Crippen LogP contribution in [0.5, 0.6) is 0 Å². The molecule has 2 rings (SSSR count). The van der Waals surface area contributed by atoms with Crippen LogP contribution >= 0.6 is 0 Å². The third kappa shape index (κ3) is 2.69. The van der Waals surface area contributed by atoms with Gasteiger partial charge in [0.25, 0.3) is 0 Å². The average molecular weight is 268 g/mol. The quantitative estimate of drug-likeness (QED) is 0.833. The van der Waals surface area contributed by atoms with E-state index in [9.17, 15) is 14.7 Å². The van der Waals surface area contributed by atoms with Gasteiger partial charge in [-0.25, -0.2) is 4.79 Å². The van der Waals surface area contributed by atoms with Crippen LogP contribution in [-0.4, -0.2) is 53.1 Å². The molecule has 2 saturated heterocycles. The van der Waals surface area contributed by atoms with Gasteiger partial charge in [-0.3, -0.25) is 4.79 Å². The van der Waals surface area contributed by atoms with Crippen molar-refractivity contribution in [2.45, 2.75) is 39.5 Å². The Morgan fingerprint density at radius 2 is 2.05 bits per heavy atom. The first-order valence-electron chi connectivity index (χ1n) is 7.26. The van der Waals surface area contributed by atoms with Crippen molar-refractivity contribution in [2.75, 3.05) is 26.2 Å². The number of hydrogen-bond acceptors (Lipinski definition) is 2. The topological polar surface area (TPSA) is 60.9 Å². The molecule has 2 heterocycles. The summed E-state index contributed by atoms with van der Waals surface area (Å²) < 4.78 is 0. The molecule has 2 unspecified atom stereocenters. The summed E-state index contributed by atoms with van der Waals surface area (Å²) in [5.41, 5.74) is -0.725. The third-order valence-electron chi connectivity index (χ3n) is 4.68. The van der Waals surface area contributed by atoms with E-state index in [0.29, 0.717) is 31.8 Å². The Kier molecular flexibility index (Phi) is 4.02. The fourth-order valence-corrected chi connectivity index (χ4v) is 3.21. The van der Waals surface area contributed by atoms with Gasteiger partial charge < -0.3 is 14.9 Å². The lowest BCUT2D eigenvalue weighted by molar-refractivity contribution is -0.148. The lowest BCUT2D eigenvalue weighted by Crippen LogP contribution is -2.47. The summed E-state index contributed by atoms with van der Waals surface area (Å²) in [5.74, 6) is -0.215. The van der Waals surface area contributed by atoms with Gasteiger partial charge in [-0.15, -0.1) is 0 Å². The SMILES string of the molecule is CCC1(C(=O)O)CCN(C(=O)N2CCCC(C)C2)C1. The van der Waals surface area contributed by atoms with Gasteiger partial charge in [-0.1, -0.05) is 13.8 Å². The summed E-state index contributed by atoms with van der Waals surface area (Å²) in [6, 6.07) is 0.0307. The number of carboxylic acids is 1. The minimum Gasteiger partial charge on any atom is -0.481 e. The Morgan fingerprint density at radius 3 is 2.58 bits per heavy atom. The van der Waals surface area contributed by atoms with E-state index in [1.165, 1.54) is 6.42 Å². The molecule has 1 N–H and O–H groups in total. The van der Waals surface area contributed by atoms with Gasteiger partial charge in [0.1, 0.15) is 0 Å². The Hall–Kier alpha value is -1.26. The molecule has 0 bridgehead atoms. The van der Waals surface area contributed by atoms with Crippen LogP contribution in [0.4, 0.5) is 4.79 Å². The molecular formula is C14H24N2O3. The monoisotopic (exact) mass is 268 g/mol. The molecule has 0 aromatic rings. The standard InChI is InChI=1S/C14H24N2O3/c1-3-14(12(17)18)6-8-16(10-14)13(19)15-7-4-5-11(2)9-15/h11H,3-10H2,1-2H3,(H,17,18). The van der Waals surface area contributed by atoms with Crippen molar-refractivity contribution in [3.63, 3.8) is 0 Å². The molecule has 0 aromatic heterocycles. The number of urea groups is 1. The predicted octanol–water partition coefficient (Wildman–Crippen LogP) is 2.03. The van der Waals surface area contributed by atoms with Crippen LogP contribution in [0, 0.1) is 11.3 Å². The highest BCUT2D eigenvalue weighted by atomic mass is 16.4. The van der Waals surface area contributed by atoms with E-state index >= 15 is 0 Å². The van der Waals surface area contributed by atoms with Crippen LogP contribution in [0.3, 0.4) is 0 Å². The average Bonchev–Trinajstić information content (AvgIpc) is 2.83. The first-order valence-corrected chi connectivity index (χ1v) is 7.26. The van der Waals surface area contributed by atoms with Gasteiger partial charge in [0, 0.05) is 26.2 Å². The van der Waals surface area contributed by atoms with Crippen molar-refractivity contribution >= 4 is 12.0 Å². The van der Waals surface area contributed by atoms with E-state index in [2.05, 4.69) is 6.92 Å². The number of rotatable bonds is 2. The highest BCUT2D eigenvalue weighted by Crippen LogP contribution is 2.35. The Morgan fingerprint density at radius 1 is 1.32 bits per heavy atom. The van der Waals surface area contributed by atoms with Crippen LogP contribution in [0.25, 0.3) is 0 Å². The Balaban J connectivity index is 2.00. The maximum absolute atomic E-state index is 12.4. The second-order valence-corrected chi connectivity index (χ2v) is 6.09. The molecule has 0 aliphatic carbocycles. The van der Waals surface area contributed by atoms with Crippen LogP contribution in [-0.2, 0) is 4.79 Å². The smallest absolute Gasteiger partial charge is 0.320 e. The van der Waals surface area contributed by atoms with Crippen LogP contribution in [0.15, 0.2) is 0 Å². The molecule has 0 radical (unpaired) electrons. The highest BCUT2D eigenvalue weighted by molar-refractivity contribution is 5.79. The van der Waals surface area contributed by atoms with Crippen molar-refractivity contribution < 1.29 is 14.7 Å². The second-order valence-electron chi connectivity index (χ2n) is 6.09. The van der Waals surface area contributed by atoms with Gasteiger partial charge in [0.05, 0.1) is 5.41 Å². The molecule has 108 valence electrons. The van der Waals surface area contributed by atoms with Gasteiger partial charge in [-0.2, -0.15) is 0 Å². The lowest BCUT2D eigenvalue weighted by atomic mass is 9.84. The van der Waals surface area contributed by atoms with Gasteiger partial charge in [0.15, 0.2) is 0 Å². The van der Waals surface area contributed by atoms with E-state index in [4.69, 9.17) is 0 Å². The number of aliphatic carboxylic acids is 1. The molecule has 5 nitrogen and oxygen atoms in total. The summed E-state index contributed by atoms with van der Waals surface area (Å²) in [7, 11) is 0. The number of carbonyl (C=O) groups excluding carboxylic acids is 1. The predicted molar refractivity (Wildman–Crippen MR) is 71.9 cm³/mol. The zero-order valence-corrected chi connectivity index (χ0v) is 11.9. The largest absolute Gasteiger partial charge is 0.481 e. The van der Waals surface area contributed by atoms with Gasteiger partial charge >= 0.3 is 12.0 Å². The molecule has 2 aliphatic rings. The zero-order chi connectivity index (χ0) is 14.0. The summed E-state index contributed by atoms with van der Waals surface area (Å²) in [6.45, 7) is 6.61. The van der Waals surface area contributed by atoms with Gasteiger partial charge in [0.2, 0.25) is 0 Å². The Bertz CT molecular complexity index is 372. The number of piperidine rings is 1. The van der Waals surface area contributed by atoms with Crippen molar-refractivity contribution in [3.05, 3.63) is 0 Å². The number of carboxylic acid groups (broad SMARTS) is 1. The first-order chi connectivity index (χ1) is 8.98. The number of hydrogen-bond donors (Lipinski definition) is 1. The van der Waals surface area contributed by atoms with Crippen LogP contribution in [0.1, 0.15) is 39.5 Å². The fourth-order valence-electron chi connectivity index (χ4n) is 3.21. The molecule has 0 aromatic carbocycles. The molecule has 2 atom stereocenters. The van der Waals surface area contributed by atoms with Crippen molar-refractivity contribution in [1.82, 2.24) is 9.80 Å². The second kappa shape index (κ2) is 5.39. The van der Waals surface area contributed by atoms with Crippen molar-refractivity contribution in [3.8, 4) is 0 Å². The minimum absolute atomic E-state index is 0.0307. The third-order valence-corrected chi connectivity index (χ3v) is 4.68. The molecule has 5 heteroatoms. The number of carbonyl (C=O) groups is 2. The summed E-state index contributed by atoms with van der Waals surface area (Å²) >= 11 is 0. The van der Waals surface area contributed by atoms with E-state index in [0.717, 1.165) is 19.5 Å². The summed E-state index contributed by atoms with van der Waals surface area (Å²) in [5, 5.41) is 9.36. The van der Waals surface area contributed by atoms with Crippen molar-refractivity contribution in [1.29, 1.82) is 0 Å². The highest BCUT2D eigenvalue weighted by Gasteiger charge is 2.45. The van der Waals surface area contributed by atoms with Crippen LogP contribution < -0.4 is 0 Å². The normalized spacial score (nSPS) is 31.6. The lowest BCUT2D eigenvalue weighted by Gasteiger charge is -2.34. The Labute approximate surface area is 114 Å². The fraction of sp³-hybridized carbons (Fsp3) is 0.857. The zero-order valence-electron chi connectivity index (χ0n) is 11.9. The molecular weight excluding hydrogens is 244 g/mol. The first kappa shape index (κ1) is 14.2. The van der Waals surface area contributed by atoms with Crippen molar-refractivity contribution in [2.24, 2.45) is 11.3 Å². The van der Waals surface area contributed by atoms with E-state index in [1.54, 1.807) is 4.90 Å². The van der Waals surface area contributed by atoms with Crippen LogP contribution in [0.2, 0.25) is 0 Å². The van der Waals surface area contributed by atoms with E-state index < -0.39 is 11.4 Å². The van der Waals surface area contributed by atoms with E-state index in [1.807, 2.05) is 11.8 Å². The maximum atomic E-state index is 12.4. The molecule has 2 fully saturated rings. The van der Waals surface area contributed by atoms with Gasteiger partial charge in [-0.05, 0) is 31.6 Å². The molecule has 2 amide bonds. The maximum Gasteiger partial charge on any atom is 0.320 e. The number of amides is 2. The molecule has 0 spiro atoms. The minimum atomic E-state index is -0.766. The summed E-state index contributed by atoms with van der Waals surface area (Å²) in [4.78, 5) is 27.5.